The summed E-state index contributed by atoms with van der Waals surface area (Å²) in [7, 11) is 0. The van der Waals surface area contributed by atoms with E-state index in [4.69, 9.17) is 0 Å². The molecule has 1 aromatic heterocycles. The predicted octanol–water partition coefficient (Wildman–Crippen LogP) is 3.29. The zero-order valence-corrected chi connectivity index (χ0v) is 13.8. The molecule has 1 aliphatic rings. The maximum absolute atomic E-state index is 12.9. The van der Waals surface area contributed by atoms with E-state index >= 15 is 0 Å². The molecule has 1 saturated heterocycles. The number of urea groups is 1. The molecule has 2 amide bonds. The monoisotopic (exact) mass is 329 g/mol. The van der Waals surface area contributed by atoms with Crippen molar-refractivity contribution < 1.29 is 9.18 Å². The van der Waals surface area contributed by atoms with Gasteiger partial charge in [0.2, 0.25) is 0 Å². The molecule has 5 heteroatoms. The summed E-state index contributed by atoms with van der Waals surface area (Å²) in [5.41, 5.74) is 1.17. The van der Waals surface area contributed by atoms with Gasteiger partial charge in [0.25, 0.3) is 0 Å². The summed E-state index contributed by atoms with van der Waals surface area (Å²) >= 11 is 0. The van der Waals surface area contributed by atoms with Crippen LogP contribution in [0.1, 0.15) is 18.4 Å². The van der Waals surface area contributed by atoms with Crippen LogP contribution < -0.4 is 5.32 Å². The van der Waals surface area contributed by atoms with Gasteiger partial charge in [0.1, 0.15) is 5.82 Å². The SMILES string of the molecule is O=C(NCCn1cccc1)N1CCC(Cc2ccc(F)cc2)CC1. The standard InChI is InChI=1S/C19H24FN3O/c20-18-5-3-16(4-6-18)15-17-7-12-23(13-8-17)19(24)21-9-14-22-10-1-2-11-22/h1-6,10-11,17H,7-9,12-15H2,(H,21,24). The Bertz CT molecular complexity index is 631. The van der Waals surface area contributed by atoms with Crippen LogP contribution in [0.3, 0.4) is 0 Å². The molecule has 0 aliphatic carbocycles. The van der Waals surface area contributed by atoms with E-state index < -0.39 is 0 Å². The smallest absolute Gasteiger partial charge is 0.317 e. The lowest BCUT2D eigenvalue weighted by atomic mass is 9.90. The van der Waals surface area contributed by atoms with E-state index in [9.17, 15) is 9.18 Å². The van der Waals surface area contributed by atoms with Gasteiger partial charge in [-0.1, -0.05) is 12.1 Å². The molecule has 0 spiro atoms. The van der Waals surface area contributed by atoms with Crippen LogP contribution in [0.15, 0.2) is 48.8 Å². The van der Waals surface area contributed by atoms with E-state index in [1.54, 1.807) is 0 Å². The number of halogens is 1. The molecule has 0 saturated carbocycles. The second-order valence-electron chi connectivity index (χ2n) is 6.41. The summed E-state index contributed by atoms with van der Waals surface area (Å²) in [6.45, 7) is 3.02. The zero-order valence-electron chi connectivity index (χ0n) is 13.8. The van der Waals surface area contributed by atoms with Crippen molar-refractivity contribution in [2.75, 3.05) is 19.6 Å². The van der Waals surface area contributed by atoms with Gasteiger partial charge in [-0.25, -0.2) is 9.18 Å². The normalized spacial score (nSPS) is 15.5. The summed E-state index contributed by atoms with van der Waals surface area (Å²) < 4.78 is 15.0. The van der Waals surface area contributed by atoms with Crippen molar-refractivity contribution in [2.24, 2.45) is 5.92 Å². The van der Waals surface area contributed by atoms with Crippen LogP contribution in [-0.4, -0.2) is 35.1 Å². The Morgan fingerprint density at radius 3 is 2.46 bits per heavy atom. The van der Waals surface area contributed by atoms with Crippen molar-refractivity contribution in [3.63, 3.8) is 0 Å². The molecule has 4 nitrogen and oxygen atoms in total. The van der Waals surface area contributed by atoms with Crippen LogP contribution in [-0.2, 0) is 13.0 Å². The average molecular weight is 329 g/mol. The highest BCUT2D eigenvalue weighted by molar-refractivity contribution is 5.74. The highest BCUT2D eigenvalue weighted by Gasteiger charge is 2.22. The first kappa shape index (κ1) is 16.6. The van der Waals surface area contributed by atoms with Crippen molar-refractivity contribution in [3.8, 4) is 0 Å². The summed E-state index contributed by atoms with van der Waals surface area (Å²) in [6, 6.07) is 10.7. The molecule has 2 heterocycles. The molecule has 1 N–H and O–H groups in total. The summed E-state index contributed by atoms with van der Waals surface area (Å²) in [6.07, 6.45) is 6.95. The number of nitrogens with zero attached hydrogens (tertiary/aromatic N) is 2. The van der Waals surface area contributed by atoms with Gasteiger partial charge in [0.05, 0.1) is 0 Å². The minimum absolute atomic E-state index is 0.0300. The first-order chi connectivity index (χ1) is 11.7. The maximum Gasteiger partial charge on any atom is 0.317 e. The van der Waals surface area contributed by atoms with E-state index in [1.165, 1.54) is 17.7 Å². The van der Waals surface area contributed by atoms with Crippen molar-refractivity contribution in [2.45, 2.75) is 25.8 Å². The van der Waals surface area contributed by atoms with Crippen LogP contribution in [0.2, 0.25) is 0 Å². The Morgan fingerprint density at radius 1 is 1.12 bits per heavy atom. The Labute approximate surface area is 142 Å². The molecule has 3 rings (SSSR count). The summed E-state index contributed by atoms with van der Waals surface area (Å²) in [5.74, 6) is 0.379. The number of rotatable bonds is 5. The van der Waals surface area contributed by atoms with Crippen LogP contribution >= 0.6 is 0 Å². The van der Waals surface area contributed by atoms with Crippen molar-refractivity contribution in [3.05, 3.63) is 60.2 Å². The summed E-state index contributed by atoms with van der Waals surface area (Å²) in [4.78, 5) is 14.1. The van der Waals surface area contributed by atoms with Gasteiger partial charge in [-0.15, -0.1) is 0 Å². The average Bonchev–Trinajstić information content (AvgIpc) is 3.11. The van der Waals surface area contributed by atoms with E-state index in [1.807, 2.05) is 41.6 Å². The van der Waals surface area contributed by atoms with E-state index in [2.05, 4.69) is 9.88 Å². The molecule has 128 valence electrons. The van der Waals surface area contributed by atoms with Crippen LogP contribution in [0.25, 0.3) is 0 Å². The van der Waals surface area contributed by atoms with Gasteiger partial charge < -0.3 is 14.8 Å². The van der Waals surface area contributed by atoms with Gasteiger partial charge in [0.15, 0.2) is 0 Å². The number of hydrogen-bond acceptors (Lipinski definition) is 1. The number of aromatic nitrogens is 1. The molecule has 2 aromatic rings. The maximum atomic E-state index is 12.9. The van der Waals surface area contributed by atoms with E-state index in [0.29, 0.717) is 12.5 Å². The van der Waals surface area contributed by atoms with Crippen LogP contribution in [0.4, 0.5) is 9.18 Å². The van der Waals surface area contributed by atoms with Gasteiger partial charge in [-0.3, -0.25) is 0 Å². The fourth-order valence-electron chi connectivity index (χ4n) is 3.22. The van der Waals surface area contributed by atoms with Gasteiger partial charge in [0, 0.05) is 38.6 Å². The topological polar surface area (TPSA) is 37.3 Å². The third-order valence-corrected chi connectivity index (χ3v) is 4.65. The second kappa shape index (κ2) is 7.99. The molecule has 0 atom stereocenters. The fourth-order valence-corrected chi connectivity index (χ4v) is 3.22. The molecule has 24 heavy (non-hydrogen) atoms. The van der Waals surface area contributed by atoms with E-state index in [0.717, 1.165) is 38.9 Å². The Kier molecular flexibility index (Phi) is 5.51. The number of carbonyl (C=O) groups excluding carboxylic acids is 1. The highest BCUT2D eigenvalue weighted by atomic mass is 19.1. The summed E-state index contributed by atoms with van der Waals surface area (Å²) in [5, 5.41) is 2.99. The molecular formula is C19H24FN3O. The zero-order chi connectivity index (χ0) is 16.8. The first-order valence-electron chi connectivity index (χ1n) is 8.59. The highest BCUT2D eigenvalue weighted by Crippen LogP contribution is 2.21. The predicted molar refractivity (Wildman–Crippen MR) is 92.2 cm³/mol. The van der Waals surface area contributed by atoms with Gasteiger partial charge in [-0.05, 0) is 55.0 Å². The van der Waals surface area contributed by atoms with Crippen molar-refractivity contribution >= 4 is 6.03 Å². The second-order valence-corrected chi connectivity index (χ2v) is 6.41. The molecular weight excluding hydrogens is 305 g/mol. The lowest BCUT2D eigenvalue weighted by molar-refractivity contribution is 0.170. The number of piperidine rings is 1. The molecule has 0 radical (unpaired) electrons. The minimum Gasteiger partial charge on any atom is -0.353 e. The number of amides is 2. The van der Waals surface area contributed by atoms with Crippen molar-refractivity contribution in [1.82, 2.24) is 14.8 Å². The lowest BCUT2D eigenvalue weighted by Crippen LogP contribution is -2.45. The van der Waals surface area contributed by atoms with Gasteiger partial charge >= 0.3 is 6.03 Å². The minimum atomic E-state index is -0.190. The Morgan fingerprint density at radius 2 is 1.79 bits per heavy atom. The number of hydrogen-bond donors (Lipinski definition) is 1. The third-order valence-electron chi connectivity index (χ3n) is 4.65. The van der Waals surface area contributed by atoms with Crippen molar-refractivity contribution in [1.29, 1.82) is 0 Å². The molecule has 0 bridgehead atoms. The molecule has 1 aromatic carbocycles. The van der Waals surface area contributed by atoms with Crippen LogP contribution in [0.5, 0.6) is 0 Å². The number of nitrogens with one attached hydrogen (secondary N) is 1. The third kappa shape index (κ3) is 4.60. The molecule has 1 fully saturated rings. The molecule has 0 unspecified atom stereocenters. The first-order valence-corrected chi connectivity index (χ1v) is 8.59. The molecule has 1 aliphatic heterocycles. The van der Waals surface area contributed by atoms with Crippen LogP contribution in [0, 0.1) is 11.7 Å². The number of benzene rings is 1. The lowest BCUT2D eigenvalue weighted by Gasteiger charge is -2.32. The Hall–Kier alpha value is -2.30. The van der Waals surface area contributed by atoms with E-state index in [-0.39, 0.29) is 11.8 Å². The quantitative estimate of drug-likeness (QED) is 0.898. The Balaban J connectivity index is 1.38. The fraction of sp³-hybridized carbons (Fsp3) is 0.421. The number of carbonyl (C=O) groups is 1. The largest absolute Gasteiger partial charge is 0.353 e. The van der Waals surface area contributed by atoms with Gasteiger partial charge in [-0.2, -0.15) is 0 Å². The number of likely N-dealkylation sites (tertiary alicyclic amines) is 1.